The van der Waals surface area contributed by atoms with Gasteiger partial charge in [-0.3, -0.25) is 18.7 Å². The highest BCUT2D eigenvalue weighted by Crippen LogP contribution is 2.26. The highest BCUT2D eigenvalue weighted by atomic mass is 32.2. The number of hydrogen-bond donors (Lipinski definition) is 1. The zero-order valence-electron chi connectivity index (χ0n) is 13.0. The van der Waals surface area contributed by atoms with Crippen LogP contribution in [0.5, 0.6) is 0 Å². The summed E-state index contributed by atoms with van der Waals surface area (Å²) in [4.78, 5) is 26.2. The molecule has 1 saturated heterocycles. The standard InChI is InChI=1S/C15H26N2O3S/c1-11(21(2)20)10-16-13-9-14(18)17(15(13)19)12-7-5-3-4-6-8-12/h11-13,16H,3-10H2,1-2H3. The van der Waals surface area contributed by atoms with Crippen LogP contribution in [0.4, 0.5) is 0 Å². The minimum absolute atomic E-state index is 0.0140. The largest absolute Gasteiger partial charge is 0.304 e. The van der Waals surface area contributed by atoms with E-state index in [9.17, 15) is 13.8 Å². The third-order valence-electron chi connectivity index (χ3n) is 4.59. The Labute approximate surface area is 129 Å². The molecule has 0 aromatic heterocycles. The molecular weight excluding hydrogens is 288 g/mol. The minimum atomic E-state index is -0.918. The normalized spacial score (nSPS) is 27.7. The highest BCUT2D eigenvalue weighted by molar-refractivity contribution is 7.84. The summed E-state index contributed by atoms with van der Waals surface area (Å²) in [6.07, 6.45) is 8.41. The van der Waals surface area contributed by atoms with Crippen LogP contribution in [-0.2, 0) is 20.4 Å². The summed E-state index contributed by atoms with van der Waals surface area (Å²) in [7, 11) is -0.918. The minimum Gasteiger partial charge on any atom is -0.304 e. The molecule has 6 heteroatoms. The van der Waals surface area contributed by atoms with Crippen LogP contribution in [0.2, 0.25) is 0 Å². The maximum Gasteiger partial charge on any atom is 0.247 e. The van der Waals surface area contributed by atoms with Crippen LogP contribution in [0, 0.1) is 0 Å². The van der Waals surface area contributed by atoms with Gasteiger partial charge in [0.2, 0.25) is 11.8 Å². The van der Waals surface area contributed by atoms with E-state index in [4.69, 9.17) is 0 Å². The van der Waals surface area contributed by atoms with Crippen molar-refractivity contribution in [3.63, 3.8) is 0 Å². The monoisotopic (exact) mass is 314 g/mol. The number of amides is 2. The number of carbonyl (C=O) groups is 2. The van der Waals surface area contributed by atoms with Crippen LogP contribution in [0.1, 0.15) is 51.9 Å². The molecule has 2 fully saturated rings. The van der Waals surface area contributed by atoms with E-state index in [1.54, 1.807) is 6.26 Å². The third-order valence-corrected chi connectivity index (χ3v) is 5.89. The van der Waals surface area contributed by atoms with Crippen molar-refractivity contribution >= 4 is 22.6 Å². The summed E-state index contributed by atoms with van der Waals surface area (Å²) in [5, 5.41) is 3.11. The second-order valence-electron chi connectivity index (χ2n) is 6.22. The zero-order chi connectivity index (χ0) is 15.4. The van der Waals surface area contributed by atoms with Gasteiger partial charge in [0.15, 0.2) is 0 Å². The first-order valence-electron chi connectivity index (χ1n) is 7.92. The molecule has 0 bridgehead atoms. The Kier molecular flexibility index (Phi) is 5.93. The Morgan fingerprint density at radius 1 is 1.24 bits per heavy atom. The van der Waals surface area contributed by atoms with Crippen molar-refractivity contribution in [3.8, 4) is 0 Å². The van der Waals surface area contributed by atoms with Gasteiger partial charge in [0.1, 0.15) is 0 Å². The number of hydrogen-bond acceptors (Lipinski definition) is 4. The Morgan fingerprint density at radius 3 is 2.43 bits per heavy atom. The van der Waals surface area contributed by atoms with Gasteiger partial charge in [0, 0.05) is 34.9 Å². The molecule has 2 aliphatic rings. The summed E-state index contributed by atoms with van der Waals surface area (Å²) in [5.41, 5.74) is 0. The first-order chi connectivity index (χ1) is 10.0. The molecule has 1 heterocycles. The van der Waals surface area contributed by atoms with E-state index < -0.39 is 16.8 Å². The second kappa shape index (κ2) is 7.49. The summed E-state index contributed by atoms with van der Waals surface area (Å²) in [5.74, 6) is -0.129. The van der Waals surface area contributed by atoms with Crippen LogP contribution in [-0.4, -0.2) is 51.1 Å². The average Bonchev–Trinajstić information content (AvgIpc) is 2.63. The molecular formula is C15H26N2O3S. The fraction of sp³-hybridized carbons (Fsp3) is 0.867. The summed E-state index contributed by atoms with van der Waals surface area (Å²) in [6, 6.07) is -0.330. The molecule has 120 valence electrons. The van der Waals surface area contributed by atoms with Gasteiger partial charge in [0.25, 0.3) is 0 Å². The topological polar surface area (TPSA) is 66.5 Å². The van der Waals surface area contributed by atoms with E-state index in [1.165, 1.54) is 17.7 Å². The molecule has 1 aliphatic heterocycles. The van der Waals surface area contributed by atoms with Crippen molar-refractivity contribution in [3.05, 3.63) is 0 Å². The average molecular weight is 314 g/mol. The lowest BCUT2D eigenvalue weighted by molar-refractivity contribution is -0.141. The Hall–Kier alpha value is -0.750. The summed E-state index contributed by atoms with van der Waals surface area (Å²) in [6.45, 7) is 2.39. The van der Waals surface area contributed by atoms with Gasteiger partial charge in [-0.15, -0.1) is 0 Å². The van der Waals surface area contributed by atoms with E-state index in [0.717, 1.165) is 25.7 Å². The van der Waals surface area contributed by atoms with E-state index in [-0.39, 0.29) is 29.5 Å². The molecule has 0 aromatic carbocycles. The van der Waals surface area contributed by atoms with Crippen molar-refractivity contribution in [2.45, 2.75) is 69.2 Å². The van der Waals surface area contributed by atoms with Crippen molar-refractivity contribution in [2.75, 3.05) is 12.8 Å². The SMILES string of the molecule is CC(CNC1CC(=O)N(C2CCCCCC2)C1=O)S(C)=O. The lowest BCUT2D eigenvalue weighted by Gasteiger charge is -2.25. The molecule has 5 nitrogen and oxygen atoms in total. The Bertz CT molecular complexity index is 419. The van der Waals surface area contributed by atoms with Crippen LogP contribution in [0.25, 0.3) is 0 Å². The molecule has 2 amide bonds. The first kappa shape index (κ1) is 16.6. The van der Waals surface area contributed by atoms with Crippen LogP contribution in [0.3, 0.4) is 0 Å². The highest BCUT2D eigenvalue weighted by Gasteiger charge is 2.42. The zero-order valence-corrected chi connectivity index (χ0v) is 13.8. The first-order valence-corrected chi connectivity index (χ1v) is 9.54. The second-order valence-corrected chi connectivity index (χ2v) is 8.02. The van der Waals surface area contributed by atoms with Crippen molar-refractivity contribution in [2.24, 2.45) is 0 Å². The number of nitrogens with zero attached hydrogens (tertiary/aromatic N) is 1. The lowest BCUT2D eigenvalue weighted by Crippen LogP contribution is -2.45. The summed E-state index contributed by atoms with van der Waals surface area (Å²) < 4.78 is 11.4. The van der Waals surface area contributed by atoms with E-state index in [1.807, 2.05) is 6.92 Å². The van der Waals surface area contributed by atoms with Crippen LogP contribution in [0.15, 0.2) is 0 Å². The number of imide groups is 1. The predicted octanol–water partition coefficient (Wildman–Crippen LogP) is 1.19. The molecule has 3 unspecified atom stereocenters. The van der Waals surface area contributed by atoms with Gasteiger partial charge in [-0.2, -0.15) is 0 Å². The number of nitrogens with one attached hydrogen (secondary N) is 1. The van der Waals surface area contributed by atoms with Crippen molar-refractivity contribution in [1.29, 1.82) is 0 Å². The fourth-order valence-corrected chi connectivity index (χ4v) is 3.47. The molecule has 2 rings (SSSR count). The third kappa shape index (κ3) is 4.13. The van der Waals surface area contributed by atoms with Gasteiger partial charge < -0.3 is 5.32 Å². The molecule has 21 heavy (non-hydrogen) atoms. The Morgan fingerprint density at radius 2 is 1.86 bits per heavy atom. The molecule has 3 atom stereocenters. The number of likely N-dealkylation sites (tertiary alicyclic amines) is 1. The van der Waals surface area contributed by atoms with Crippen LogP contribution < -0.4 is 5.32 Å². The number of rotatable bonds is 5. The Balaban J connectivity index is 1.94. The smallest absolute Gasteiger partial charge is 0.247 e. The van der Waals surface area contributed by atoms with Gasteiger partial charge in [-0.05, 0) is 19.8 Å². The predicted molar refractivity (Wildman–Crippen MR) is 83.3 cm³/mol. The molecule has 1 saturated carbocycles. The lowest BCUT2D eigenvalue weighted by atomic mass is 10.1. The van der Waals surface area contributed by atoms with Crippen molar-refractivity contribution in [1.82, 2.24) is 10.2 Å². The van der Waals surface area contributed by atoms with Gasteiger partial charge in [-0.25, -0.2) is 0 Å². The van der Waals surface area contributed by atoms with Crippen LogP contribution >= 0.6 is 0 Å². The quantitative estimate of drug-likeness (QED) is 0.611. The fourth-order valence-electron chi connectivity index (χ4n) is 3.14. The number of carbonyl (C=O) groups excluding carboxylic acids is 2. The molecule has 0 spiro atoms. The molecule has 0 radical (unpaired) electrons. The van der Waals surface area contributed by atoms with E-state index in [0.29, 0.717) is 6.54 Å². The van der Waals surface area contributed by atoms with E-state index in [2.05, 4.69) is 5.32 Å². The van der Waals surface area contributed by atoms with Gasteiger partial charge in [0.05, 0.1) is 12.5 Å². The van der Waals surface area contributed by atoms with Crippen molar-refractivity contribution < 1.29 is 13.8 Å². The maximum atomic E-state index is 12.5. The maximum absolute atomic E-state index is 12.5. The molecule has 0 aromatic rings. The van der Waals surface area contributed by atoms with Gasteiger partial charge >= 0.3 is 0 Å². The molecule has 1 aliphatic carbocycles. The summed E-state index contributed by atoms with van der Waals surface area (Å²) >= 11 is 0. The van der Waals surface area contributed by atoms with E-state index >= 15 is 0 Å². The van der Waals surface area contributed by atoms with Gasteiger partial charge in [-0.1, -0.05) is 25.7 Å². The molecule has 1 N–H and O–H groups in total.